The third-order valence-corrected chi connectivity index (χ3v) is 9.53. The van der Waals surface area contributed by atoms with Crippen LogP contribution in [0.3, 0.4) is 0 Å². The predicted octanol–water partition coefficient (Wildman–Crippen LogP) is 7.84. The number of alkyl carbamates (subject to hydrolysis) is 1. The summed E-state index contributed by atoms with van der Waals surface area (Å²) in [6, 6.07) is 24.3. The zero-order valence-electron chi connectivity index (χ0n) is 32.8. The van der Waals surface area contributed by atoms with Crippen LogP contribution in [0.5, 0.6) is 0 Å². The number of anilines is 2. The third kappa shape index (κ3) is 11.0. The van der Waals surface area contributed by atoms with Gasteiger partial charge in [0.05, 0.1) is 21.9 Å². The molecule has 0 radical (unpaired) electrons. The number of carboxylic acids is 1. The molecule has 1 amide bonds. The van der Waals surface area contributed by atoms with E-state index in [1.807, 2.05) is 85.3 Å². The SMILES string of the molecule is CC(=O)O.CC(C)(CNBr)n1nc(-c2ccc(Cl)cc2)c2c(N)ncnc21.CC(C)(CNC(=O)OCc1ccccc1)n1nc(-c2ccc(Cl)cc2)c2c(N)ncnc21. The molecule has 3 aromatic carbocycles. The summed E-state index contributed by atoms with van der Waals surface area (Å²) in [6.45, 7) is 10.2. The molecule has 0 atom stereocenters. The van der Waals surface area contributed by atoms with Crippen LogP contribution < -0.4 is 21.1 Å². The van der Waals surface area contributed by atoms with Crippen LogP contribution >= 0.6 is 39.3 Å². The van der Waals surface area contributed by atoms with E-state index in [9.17, 15) is 4.79 Å². The van der Waals surface area contributed by atoms with Crippen molar-refractivity contribution < 1.29 is 19.4 Å². The van der Waals surface area contributed by atoms with Gasteiger partial charge in [0.25, 0.3) is 5.97 Å². The maximum absolute atomic E-state index is 12.2. The van der Waals surface area contributed by atoms with Crippen LogP contribution in [0, 0.1) is 0 Å². The lowest BCUT2D eigenvalue weighted by Crippen LogP contribution is -2.41. The van der Waals surface area contributed by atoms with Crippen LogP contribution in [-0.2, 0) is 27.2 Å². The summed E-state index contributed by atoms with van der Waals surface area (Å²) in [5.74, 6) is -0.0916. The second-order valence-electron chi connectivity index (χ2n) is 14.3. The van der Waals surface area contributed by atoms with Gasteiger partial charge in [-0.3, -0.25) is 9.14 Å². The van der Waals surface area contributed by atoms with E-state index in [2.05, 4.69) is 59.6 Å². The number of nitrogens with zero attached hydrogens (tertiary/aromatic N) is 8. The highest BCUT2D eigenvalue weighted by Gasteiger charge is 2.29. The van der Waals surface area contributed by atoms with Crippen LogP contribution in [0.2, 0.25) is 10.0 Å². The highest BCUT2D eigenvalue weighted by Crippen LogP contribution is 2.35. The van der Waals surface area contributed by atoms with Gasteiger partial charge in [-0.1, -0.05) is 77.8 Å². The number of carbonyl (C=O) groups excluding carboxylic acids is 1. The Bertz CT molecular complexity index is 2530. The summed E-state index contributed by atoms with van der Waals surface area (Å²) in [7, 11) is 0. The van der Waals surface area contributed by atoms with Gasteiger partial charge in [0, 0.05) is 57.3 Å². The van der Waals surface area contributed by atoms with Crippen molar-refractivity contribution in [3.8, 4) is 22.5 Å². The minimum atomic E-state index is -0.833. The zero-order valence-corrected chi connectivity index (χ0v) is 35.9. The molecule has 16 nitrogen and oxygen atoms in total. The summed E-state index contributed by atoms with van der Waals surface area (Å²) in [4.78, 5) is 38.3. The fraction of sp³-hybridized carbons (Fsp3) is 0.250. The number of nitrogen functional groups attached to an aromatic ring is 2. The Morgan fingerprint density at radius 2 is 1.15 bits per heavy atom. The van der Waals surface area contributed by atoms with Crippen molar-refractivity contribution in [2.24, 2.45) is 0 Å². The number of ether oxygens (including phenoxy) is 1. The highest BCUT2D eigenvalue weighted by molar-refractivity contribution is 9.08. The van der Waals surface area contributed by atoms with Gasteiger partial charge >= 0.3 is 6.09 Å². The average Bonchev–Trinajstić information content (AvgIpc) is 3.80. The summed E-state index contributed by atoms with van der Waals surface area (Å²) >= 11 is 15.3. The van der Waals surface area contributed by atoms with Crippen molar-refractivity contribution >= 4 is 85.1 Å². The Labute approximate surface area is 358 Å². The first-order valence-electron chi connectivity index (χ1n) is 18.0. The normalized spacial score (nSPS) is 11.3. The molecule has 0 unspecified atom stereocenters. The molecule has 0 aliphatic rings. The number of aromatic nitrogens is 8. The van der Waals surface area contributed by atoms with E-state index in [1.54, 1.807) is 16.8 Å². The van der Waals surface area contributed by atoms with Crippen molar-refractivity contribution in [3.63, 3.8) is 0 Å². The lowest BCUT2D eigenvalue weighted by molar-refractivity contribution is -0.134. The molecule has 0 saturated carbocycles. The fourth-order valence-corrected chi connectivity index (χ4v) is 6.73. The number of nitrogens with one attached hydrogen (secondary N) is 2. The van der Waals surface area contributed by atoms with Crippen molar-refractivity contribution in [2.45, 2.75) is 52.3 Å². The average molecular weight is 907 g/mol. The molecule has 0 aliphatic heterocycles. The number of rotatable bonds is 10. The highest BCUT2D eigenvalue weighted by atomic mass is 79.9. The summed E-state index contributed by atoms with van der Waals surface area (Å²) in [5, 5.41) is 22.5. The van der Waals surface area contributed by atoms with E-state index in [0.29, 0.717) is 50.6 Å². The summed E-state index contributed by atoms with van der Waals surface area (Å²) in [5.41, 5.74) is 16.7. The zero-order chi connectivity index (χ0) is 42.9. The van der Waals surface area contributed by atoms with E-state index in [-0.39, 0.29) is 18.7 Å². The maximum Gasteiger partial charge on any atom is 0.407 e. The molecular weight excluding hydrogens is 863 g/mol. The first-order chi connectivity index (χ1) is 28.0. The van der Waals surface area contributed by atoms with Crippen LogP contribution in [0.15, 0.2) is 91.5 Å². The molecule has 0 fully saturated rings. The van der Waals surface area contributed by atoms with E-state index in [1.165, 1.54) is 12.7 Å². The van der Waals surface area contributed by atoms with Gasteiger partial charge in [0.1, 0.15) is 42.3 Å². The monoisotopic (exact) mass is 904 g/mol. The quantitative estimate of drug-likeness (QED) is 0.0826. The Balaban J connectivity index is 0.000000215. The smallest absolute Gasteiger partial charge is 0.407 e. The van der Waals surface area contributed by atoms with Crippen molar-refractivity contribution in [1.82, 2.24) is 49.2 Å². The van der Waals surface area contributed by atoms with Gasteiger partial charge in [-0.2, -0.15) is 10.2 Å². The lowest BCUT2D eigenvalue weighted by Gasteiger charge is -2.26. The number of amides is 1. The number of carboxylic acid groups (broad SMARTS) is 1. The van der Waals surface area contributed by atoms with Gasteiger partial charge in [-0.25, -0.2) is 34.1 Å². The Morgan fingerprint density at radius 1 is 0.729 bits per heavy atom. The minimum Gasteiger partial charge on any atom is -0.481 e. The lowest BCUT2D eigenvalue weighted by atomic mass is 10.1. The predicted molar refractivity (Wildman–Crippen MR) is 234 cm³/mol. The molecule has 4 heterocycles. The molecule has 19 heteroatoms. The summed E-state index contributed by atoms with van der Waals surface area (Å²) in [6.07, 6.45) is 2.35. The molecular formula is C40H43BrCl2N12O4. The number of fused-ring (bicyclic) bond motifs is 2. The van der Waals surface area contributed by atoms with Crippen LogP contribution in [0.25, 0.3) is 44.6 Å². The van der Waals surface area contributed by atoms with Crippen molar-refractivity contribution in [1.29, 1.82) is 0 Å². The van der Waals surface area contributed by atoms with Crippen LogP contribution in [0.4, 0.5) is 16.4 Å². The first kappa shape index (κ1) is 44.2. The number of carbonyl (C=O) groups is 2. The fourth-order valence-electron chi connectivity index (χ4n) is 5.79. The first-order valence-corrected chi connectivity index (χ1v) is 19.6. The van der Waals surface area contributed by atoms with Gasteiger partial charge in [-0.05, 0) is 57.5 Å². The molecule has 0 aliphatic carbocycles. The van der Waals surface area contributed by atoms with Crippen LogP contribution in [0.1, 0.15) is 40.2 Å². The molecule has 0 bridgehead atoms. The maximum atomic E-state index is 12.2. The Kier molecular flexibility index (Phi) is 14.4. The van der Waals surface area contributed by atoms with Crippen molar-refractivity contribution in [3.05, 3.63) is 107 Å². The van der Waals surface area contributed by atoms with Crippen molar-refractivity contribution in [2.75, 3.05) is 24.6 Å². The molecule has 0 spiro atoms. The van der Waals surface area contributed by atoms with Crippen LogP contribution in [-0.4, -0.2) is 69.8 Å². The summed E-state index contributed by atoms with van der Waals surface area (Å²) < 4.78 is 11.9. The number of hydrogen-bond donors (Lipinski definition) is 5. The second kappa shape index (κ2) is 19.2. The van der Waals surface area contributed by atoms with Gasteiger partial charge < -0.3 is 26.6 Å². The number of benzene rings is 3. The molecule has 7 aromatic rings. The minimum absolute atomic E-state index is 0.197. The topological polar surface area (TPSA) is 227 Å². The third-order valence-electron chi connectivity index (χ3n) is 8.75. The number of hydrogen-bond acceptors (Lipinski definition) is 12. The number of aliphatic carboxylic acids is 1. The van der Waals surface area contributed by atoms with E-state index < -0.39 is 17.6 Å². The molecule has 308 valence electrons. The number of nitrogens with two attached hydrogens (primary N) is 2. The Hall–Kier alpha value is -5.88. The second-order valence-corrected chi connectivity index (χ2v) is 15.8. The molecule has 7 N–H and O–H groups in total. The van der Waals surface area contributed by atoms with Gasteiger partial charge in [-0.15, -0.1) is 0 Å². The van der Waals surface area contributed by atoms with Gasteiger partial charge in [0.15, 0.2) is 11.3 Å². The molecule has 7 rings (SSSR count). The van der Waals surface area contributed by atoms with Gasteiger partial charge in [0.2, 0.25) is 0 Å². The molecule has 0 saturated heterocycles. The van der Waals surface area contributed by atoms with E-state index in [0.717, 1.165) is 34.7 Å². The molecule has 59 heavy (non-hydrogen) atoms. The molecule has 4 aromatic heterocycles. The number of halogens is 3. The largest absolute Gasteiger partial charge is 0.481 e. The van der Waals surface area contributed by atoms with E-state index >= 15 is 0 Å². The van der Waals surface area contributed by atoms with E-state index in [4.69, 9.17) is 59.5 Å². The Morgan fingerprint density at radius 3 is 1.58 bits per heavy atom. The standard InChI is InChI=1S/C23H23ClN6O2.C15H16BrClN6.C2H4O2/c1-23(2,13-26-22(31)32-12-15-6-4-3-5-7-15)30-21-18(20(25)27-14-28-21)19(29-30)16-8-10-17(24)11-9-16;1-15(2,7-21-16)23-14-11(13(18)19-8-20-14)12(22-23)9-3-5-10(17)6-4-9;1-2(3)4/h3-11,14H,12-13H2,1-2H3,(H,26,31)(H2,25,27,28);3-6,8,21H,7H2,1-2H3,(H2,18,19,20);1H3,(H,3,4).